The summed E-state index contributed by atoms with van der Waals surface area (Å²) in [6, 6.07) is 2.63. The smallest absolute Gasteiger partial charge is 0.387 e. The highest BCUT2D eigenvalue weighted by Crippen LogP contribution is 2.26. The van der Waals surface area contributed by atoms with Gasteiger partial charge in [-0.3, -0.25) is 0 Å². The third-order valence-electron chi connectivity index (χ3n) is 1.85. The predicted octanol–water partition coefficient (Wildman–Crippen LogP) is 2.00. The Bertz CT molecular complexity index is 558. The number of halogens is 3. The molecule has 1 aromatic carbocycles. The molecule has 0 fully saturated rings. The van der Waals surface area contributed by atoms with Gasteiger partial charge >= 0.3 is 12.6 Å². The van der Waals surface area contributed by atoms with Gasteiger partial charge in [0.15, 0.2) is 0 Å². The van der Waals surface area contributed by atoms with E-state index in [0.29, 0.717) is 0 Å². The Morgan fingerprint density at radius 2 is 2.00 bits per heavy atom. The number of hydrogen-bond donors (Lipinski definition) is 0. The molecule has 5 nitrogen and oxygen atoms in total. The van der Waals surface area contributed by atoms with Crippen LogP contribution in [0.4, 0.5) is 8.78 Å². The van der Waals surface area contributed by atoms with Crippen LogP contribution < -0.4 is 4.74 Å². The SMILES string of the molecule is COC(=O)c1cc(S(=O)(=O)Cl)ccc1OC(F)F. The van der Waals surface area contributed by atoms with Gasteiger partial charge in [-0.05, 0) is 18.2 Å². The fourth-order valence-electron chi connectivity index (χ4n) is 1.13. The molecule has 18 heavy (non-hydrogen) atoms. The Balaban J connectivity index is 3.34. The van der Waals surface area contributed by atoms with Crippen molar-refractivity contribution in [2.45, 2.75) is 11.5 Å². The Kier molecular flexibility index (Phi) is 4.47. The number of carbonyl (C=O) groups excluding carboxylic acids is 1. The van der Waals surface area contributed by atoms with E-state index in [1.54, 1.807) is 0 Å². The first kappa shape index (κ1) is 14.7. The first-order chi connectivity index (χ1) is 8.25. The van der Waals surface area contributed by atoms with Gasteiger partial charge in [0.25, 0.3) is 9.05 Å². The van der Waals surface area contributed by atoms with Crippen LogP contribution in [0.25, 0.3) is 0 Å². The maximum atomic E-state index is 12.1. The Hall–Kier alpha value is -1.41. The molecule has 0 radical (unpaired) electrons. The second kappa shape index (κ2) is 5.49. The summed E-state index contributed by atoms with van der Waals surface area (Å²) < 4.78 is 54.7. The lowest BCUT2D eigenvalue weighted by Gasteiger charge is -2.10. The normalized spacial score (nSPS) is 11.4. The summed E-state index contributed by atoms with van der Waals surface area (Å²) in [7, 11) is 1.99. The van der Waals surface area contributed by atoms with Crippen LogP contribution >= 0.6 is 10.7 Å². The molecule has 0 heterocycles. The molecule has 9 heteroatoms. The largest absolute Gasteiger partial charge is 0.465 e. The van der Waals surface area contributed by atoms with E-state index < -0.39 is 37.8 Å². The minimum absolute atomic E-state index is 0.425. The number of alkyl halides is 2. The quantitative estimate of drug-likeness (QED) is 0.628. The highest BCUT2D eigenvalue weighted by atomic mass is 35.7. The van der Waals surface area contributed by atoms with Crippen molar-refractivity contribution in [3.63, 3.8) is 0 Å². The number of esters is 1. The highest BCUT2D eigenvalue weighted by molar-refractivity contribution is 8.13. The van der Waals surface area contributed by atoms with Crippen molar-refractivity contribution in [2.24, 2.45) is 0 Å². The maximum Gasteiger partial charge on any atom is 0.387 e. The lowest BCUT2D eigenvalue weighted by molar-refractivity contribution is -0.0504. The molecule has 0 saturated carbocycles. The summed E-state index contributed by atoms with van der Waals surface area (Å²) in [5.74, 6) is -1.52. The number of rotatable bonds is 4. The van der Waals surface area contributed by atoms with Crippen LogP contribution in [0.3, 0.4) is 0 Å². The highest BCUT2D eigenvalue weighted by Gasteiger charge is 2.20. The second-order valence-electron chi connectivity index (χ2n) is 2.97. The van der Waals surface area contributed by atoms with Crippen LogP contribution in [0, 0.1) is 0 Å². The molecule has 1 rings (SSSR count). The molecule has 0 aliphatic rings. The number of hydrogen-bond acceptors (Lipinski definition) is 5. The number of carbonyl (C=O) groups is 1. The molecule has 1 aromatic rings. The molecular weight excluding hydrogens is 294 g/mol. The second-order valence-corrected chi connectivity index (χ2v) is 5.53. The van der Waals surface area contributed by atoms with Gasteiger partial charge in [-0.25, -0.2) is 13.2 Å². The van der Waals surface area contributed by atoms with Crippen LogP contribution in [0.2, 0.25) is 0 Å². The van der Waals surface area contributed by atoms with Gasteiger partial charge in [0, 0.05) is 10.7 Å². The van der Waals surface area contributed by atoms with Gasteiger partial charge in [0.2, 0.25) is 0 Å². The standard InChI is InChI=1S/C9H7ClF2O5S/c1-16-8(13)6-4-5(18(10,14)15)2-3-7(6)17-9(11)12/h2-4,9H,1H3. The Morgan fingerprint density at radius 1 is 1.39 bits per heavy atom. The van der Waals surface area contributed by atoms with E-state index in [9.17, 15) is 22.0 Å². The first-order valence-electron chi connectivity index (χ1n) is 4.37. The van der Waals surface area contributed by atoms with Crippen molar-refractivity contribution in [1.29, 1.82) is 0 Å². The molecule has 0 spiro atoms. The molecule has 0 amide bonds. The van der Waals surface area contributed by atoms with Crippen LogP contribution in [0.5, 0.6) is 5.75 Å². The predicted molar refractivity (Wildman–Crippen MR) is 57.5 cm³/mol. The van der Waals surface area contributed by atoms with Gasteiger partial charge in [-0.2, -0.15) is 8.78 Å². The molecule has 0 N–H and O–H groups in total. The molecule has 0 saturated heterocycles. The summed E-state index contributed by atoms with van der Waals surface area (Å²) in [5, 5.41) is 0. The zero-order chi connectivity index (χ0) is 13.9. The topological polar surface area (TPSA) is 69.7 Å². The van der Waals surface area contributed by atoms with E-state index in [0.717, 1.165) is 25.3 Å². The van der Waals surface area contributed by atoms with Gasteiger partial charge < -0.3 is 9.47 Å². The number of benzene rings is 1. The first-order valence-corrected chi connectivity index (χ1v) is 6.68. The van der Waals surface area contributed by atoms with Gasteiger partial charge in [-0.15, -0.1) is 0 Å². The van der Waals surface area contributed by atoms with E-state index in [1.807, 2.05) is 0 Å². The van der Waals surface area contributed by atoms with Crippen LogP contribution in [0.1, 0.15) is 10.4 Å². The summed E-state index contributed by atoms with van der Waals surface area (Å²) in [5.41, 5.74) is -0.459. The molecule has 0 aliphatic heterocycles. The van der Waals surface area contributed by atoms with Crippen LogP contribution in [-0.2, 0) is 13.8 Å². The zero-order valence-corrected chi connectivity index (χ0v) is 10.5. The van der Waals surface area contributed by atoms with Gasteiger partial charge in [-0.1, -0.05) is 0 Å². The fourth-order valence-corrected chi connectivity index (χ4v) is 1.91. The molecule has 0 bridgehead atoms. The Morgan fingerprint density at radius 3 is 2.44 bits per heavy atom. The van der Waals surface area contributed by atoms with Crippen LogP contribution in [0.15, 0.2) is 23.1 Å². The van der Waals surface area contributed by atoms with Gasteiger partial charge in [0.1, 0.15) is 11.3 Å². The summed E-state index contributed by atoms with van der Waals surface area (Å²) in [4.78, 5) is 10.9. The summed E-state index contributed by atoms with van der Waals surface area (Å²) in [6.45, 7) is -3.16. The summed E-state index contributed by atoms with van der Waals surface area (Å²) >= 11 is 0. The molecule has 0 aliphatic carbocycles. The Labute approximate surface area is 106 Å². The van der Waals surface area contributed by atoms with Crippen molar-refractivity contribution in [3.05, 3.63) is 23.8 Å². The van der Waals surface area contributed by atoms with E-state index in [4.69, 9.17) is 10.7 Å². The summed E-state index contributed by atoms with van der Waals surface area (Å²) in [6.07, 6.45) is 0. The molecule has 0 unspecified atom stereocenters. The molecule has 0 aromatic heterocycles. The van der Waals surface area contributed by atoms with Crippen molar-refractivity contribution in [1.82, 2.24) is 0 Å². The third-order valence-corrected chi connectivity index (χ3v) is 3.21. The fraction of sp³-hybridized carbons (Fsp3) is 0.222. The average Bonchev–Trinajstić information content (AvgIpc) is 2.26. The molecule has 100 valence electrons. The lowest BCUT2D eigenvalue weighted by atomic mass is 10.2. The lowest BCUT2D eigenvalue weighted by Crippen LogP contribution is -2.10. The van der Waals surface area contributed by atoms with Crippen molar-refractivity contribution < 1.29 is 31.5 Å². The van der Waals surface area contributed by atoms with E-state index in [-0.39, 0.29) is 0 Å². The van der Waals surface area contributed by atoms with E-state index in [1.165, 1.54) is 0 Å². The minimum Gasteiger partial charge on any atom is -0.465 e. The molecule has 0 atom stereocenters. The maximum absolute atomic E-state index is 12.1. The molecular formula is C9H7ClF2O5S. The monoisotopic (exact) mass is 300 g/mol. The third kappa shape index (κ3) is 3.54. The van der Waals surface area contributed by atoms with Crippen molar-refractivity contribution in [2.75, 3.05) is 7.11 Å². The van der Waals surface area contributed by atoms with Crippen LogP contribution in [-0.4, -0.2) is 28.1 Å². The van der Waals surface area contributed by atoms with E-state index >= 15 is 0 Å². The average molecular weight is 301 g/mol. The van der Waals surface area contributed by atoms with Crippen molar-refractivity contribution in [3.8, 4) is 5.75 Å². The number of ether oxygens (including phenoxy) is 2. The van der Waals surface area contributed by atoms with Crippen molar-refractivity contribution >= 4 is 25.7 Å². The van der Waals surface area contributed by atoms with E-state index in [2.05, 4.69) is 9.47 Å². The van der Waals surface area contributed by atoms with Gasteiger partial charge in [0.05, 0.1) is 12.0 Å². The number of methoxy groups -OCH3 is 1. The zero-order valence-electron chi connectivity index (χ0n) is 8.89. The minimum atomic E-state index is -4.09.